The number of carbonyl (C=O) groups is 2. The van der Waals surface area contributed by atoms with Crippen molar-refractivity contribution in [2.45, 2.75) is 56.4 Å². The van der Waals surface area contributed by atoms with Gasteiger partial charge in [0, 0.05) is 18.0 Å². The minimum atomic E-state index is -3.67. The summed E-state index contributed by atoms with van der Waals surface area (Å²) in [5.74, 6) is -1.13. The molecule has 10 heteroatoms. The monoisotopic (exact) mass is 496 g/mol. The van der Waals surface area contributed by atoms with Crippen molar-refractivity contribution < 1.29 is 22.7 Å². The van der Waals surface area contributed by atoms with Crippen molar-refractivity contribution in [3.05, 3.63) is 44.6 Å². The van der Waals surface area contributed by atoms with Crippen LogP contribution in [0.5, 0.6) is 0 Å². The van der Waals surface area contributed by atoms with Crippen molar-refractivity contribution in [3.8, 4) is 0 Å². The molecule has 4 rings (SSSR count). The number of benzene rings is 1. The summed E-state index contributed by atoms with van der Waals surface area (Å²) in [6.07, 6.45) is 4.63. The van der Waals surface area contributed by atoms with Crippen LogP contribution in [0.4, 0.5) is 5.69 Å². The summed E-state index contributed by atoms with van der Waals surface area (Å²) in [5.41, 5.74) is 1.34. The zero-order valence-corrected chi connectivity index (χ0v) is 20.1. The summed E-state index contributed by atoms with van der Waals surface area (Å²) in [6.45, 7) is 2.42. The first-order valence-corrected chi connectivity index (χ1v) is 13.3. The highest BCUT2D eigenvalue weighted by Crippen LogP contribution is 2.31. The maximum atomic E-state index is 12.9. The summed E-state index contributed by atoms with van der Waals surface area (Å²) >= 11 is 7.61. The lowest BCUT2D eigenvalue weighted by molar-refractivity contribution is -0.123. The molecular weight excluding hydrogens is 472 g/mol. The third kappa shape index (κ3) is 4.85. The molecular formula is C22H25ClN2O5S2. The molecule has 1 aromatic heterocycles. The summed E-state index contributed by atoms with van der Waals surface area (Å²) in [6, 6.07) is 6.06. The Morgan fingerprint density at radius 3 is 2.59 bits per heavy atom. The number of aryl methyl sites for hydroxylation is 2. The highest BCUT2D eigenvalue weighted by molar-refractivity contribution is 7.89. The van der Waals surface area contributed by atoms with E-state index in [9.17, 15) is 18.0 Å². The van der Waals surface area contributed by atoms with Gasteiger partial charge >= 0.3 is 5.97 Å². The third-order valence-corrected chi connectivity index (χ3v) is 9.19. The summed E-state index contributed by atoms with van der Waals surface area (Å²) in [5, 5.41) is 2.79. The molecule has 1 N–H and O–H groups in total. The van der Waals surface area contributed by atoms with Crippen LogP contribution in [0.2, 0.25) is 5.02 Å². The van der Waals surface area contributed by atoms with E-state index in [0.29, 0.717) is 18.0 Å². The molecule has 0 radical (unpaired) electrons. The number of nitrogens with zero attached hydrogens (tertiary/aromatic N) is 1. The fourth-order valence-electron chi connectivity index (χ4n) is 3.95. The summed E-state index contributed by atoms with van der Waals surface area (Å²) in [4.78, 5) is 26.8. The number of ether oxygens (including phenoxy) is 1. The second-order valence-electron chi connectivity index (χ2n) is 8.06. The van der Waals surface area contributed by atoms with Gasteiger partial charge in [0.05, 0.1) is 15.6 Å². The number of carbonyl (C=O) groups excluding carboxylic acids is 2. The number of sulfonamides is 1. The van der Waals surface area contributed by atoms with Crippen molar-refractivity contribution in [1.82, 2.24) is 4.31 Å². The highest BCUT2D eigenvalue weighted by Gasteiger charge is 2.28. The first kappa shape index (κ1) is 23.2. The first-order chi connectivity index (χ1) is 15.3. The largest absolute Gasteiger partial charge is 0.448 e. The predicted octanol–water partition coefficient (Wildman–Crippen LogP) is 4.25. The Morgan fingerprint density at radius 1 is 1.12 bits per heavy atom. The predicted molar refractivity (Wildman–Crippen MR) is 124 cm³/mol. The van der Waals surface area contributed by atoms with Gasteiger partial charge in [-0.1, -0.05) is 18.0 Å². The molecule has 1 amide bonds. The number of rotatable bonds is 6. The van der Waals surface area contributed by atoms with Crippen LogP contribution in [0.1, 0.15) is 52.7 Å². The molecule has 1 aliphatic heterocycles. The van der Waals surface area contributed by atoms with Crippen LogP contribution in [-0.2, 0) is 32.4 Å². The van der Waals surface area contributed by atoms with E-state index < -0.39 is 28.0 Å². The first-order valence-electron chi connectivity index (χ1n) is 10.7. The number of halogens is 1. The zero-order valence-electron chi connectivity index (χ0n) is 17.7. The molecule has 2 heterocycles. The lowest BCUT2D eigenvalue weighted by Gasteiger charge is -2.26. The van der Waals surface area contributed by atoms with Gasteiger partial charge in [0.2, 0.25) is 10.0 Å². The number of nitrogens with one attached hydrogen (secondary N) is 1. The van der Waals surface area contributed by atoms with E-state index in [4.69, 9.17) is 16.3 Å². The molecule has 1 aliphatic carbocycles. The minimum absolute atomic E-state index is 0.0665. The van der Waals surface area contributed by atoms with Crippen molar-refractivity contribution in [2.24, 2.45) is 0 Å². The Balaban J connectivity index is 1.43. The molecule has 0 saturated carbocycles. The maximum Gasteiger partial charge on any atom is 0.349 e. The molecule has 7 nitrogen and oxygen atoms in total. The Kier molecular flexibility index (Phi) is 6.90. The zero-order chi connectivity index (χ0) is 22.9. The van der Waals surface area contributed by atoms with E-state index >= 15 is 0 Å². The standard InChI is InChI=1S/C22H25ClN2O5S2/c1-14(30-22(27)20-12-15-6-5-7-19(15)31-20)21(26)24-18-13-16(8-9-17(18)23)32(28,29)25-10-3-2-4-11-25/h8-9,12-14H,2-7,10-11H2,1H3,(H,24,26)/t14-/m1/s1. The molecule has 32 heavy (non-hydrogen) atoms. The number of hydrogen-bond acceptors (Lipinski definition) is 6. The number of anilines is 1. The second-order valence-corrected chi connectivity index (χ2v) is 11.5. The van der Waals surface area contributed by atoms with E-state index in [1.807, 2.05) is 6.07 Å². The molecule has 1 fully saturated rings. The smallest absolute Gasteiger partial charge is 0.349 e. The molecule has 0 spiro atoms. The second kappa shape index (κ2) is 9.51. The van der Waals surface area contributed by atoms with E-state index in [2.05, 4.69) is 5.32 Å². The number of esters is 1. The molecule has 2 aliphatic rings. The lowest BCUT2D eigenvalue weighted by atomic mass is 10.2. The van der Waals surface area contributed by atoms with Gasteiger partial charge in [0.25, 0.3) is 5.91 Å². The number of thiophene rings is 1. The Morgan fingerprint density at radius 2 is 1.88 bits per heavy atom. The SMILES string of the molecule is C[C@@H](OC(=O)c1cc2c(s1)CCC2)C(=O)Nc1cc(S(=O)(=O)N2CCCCC2)ccc1Cl. The fraction of sp³-hybridized carbons (Fsp3) is 0.455. The van der Waals surface area contributed by atoms with Crippen molar-refractivity contribution >= 4 is 50.5 Å². The van der Waals surface area contributed by atoms with Crippen LogP contribution in [0, 0.1) is 0 Å². The Hall–Kier alpha value is -1.94. The fourth-order valence-corrected chi connectivity index (χ4v) is 6.80. The van der Waals surface area contributed by atoms with Crippen molar-refractivity contribution in [1.29, 1.82) is 0 Å². The summed E-state index contributed by atoms with van der Waals surface area (Å²) in [7, 11) is -3.67. The van der Waals surface area contributed by atoms with Crippen LogP contribution in [0.15, 0.2) is 29.2 Å². The van der Waals surface area contributed by atoms with Gasteiger partial charge in [-0.2, -0.15) is 4.31 Å². The number of hydrogen-bond donors (Lipinski definition) is 1. The molecule has 1 saturated heterocycles. The Bertz CT molecular complexity index is 1120. The van der Waals surface area contributed by atoms with Gasteiger partial charge in [0.15, 0.2) is 6.10 Å². The van der Waals surface area contributed by atoms with E-state index in [-0.39, 0.29) is 15.6 Å². The Labute approximate surface area is 196 Å². The minimum Gasteiger partial charge on any atom is -0.448 e. The van der Waals surface area contributed by atoms with Crippen LogP contribution in [0.3, 0.4) is 0 Å². The lowest BCUT2D eigenvalue weighted by Crippen LogP contribution is -2.35. The molecule has 1 atom stereocenters. The van der Waals surface area contributed by atoms with Gasteiger partial charge < -0.3 is 10.1 Å². The number of fused-ring (bicyclic) bond motifs is 1. The van der Waals surface area contributed by atoms with Crippen molar-refractivity contribution in [3.63, 3.8) is 0 Å². The molecule has 172 valence electrons. The van der Waals surface area contributed by atoms with Crippen LogP contribution >= 0.6 is 22.9 Å². The van der Waals surface area contributed by atoms with E-state index in [0.717, 1.165) is 38.5 Å². The highest BCUT2D eigenvalue weighted by atomic mass is 35.5. The average Bonchev–Trinajstić information content (AvgIpc) is 3.38. The van der Waals surface area contributed by atoms with Gasteiger partial charge in [0.1, 0.15) is 4.88 Å². The summed E-state index contributed by atoms with van der Waals surface area (Å²) < 4.78 is 32.6. The van der Waals surface area contributed by atoms with Gasteiger partial charge in [-0.15, -0.1) is 11.3 Å². The topological polar surface area (TPSA) is 92.8 Å². The number of amides is 1. The normalized spacial score (nSPS) is 17.6. The molecule has 1 aromatic carbocycles. The number of piperidine rings is 1. The van der Waals surface area contributed by atoms with Gasteiger partial charge in [-0.05, 0) is 68.9 Å². The van der Waals surface area contributed by atoms with Crippen LogP contribution < -0.4 is 5.32 Å². The quantitative estimate of drug-likeness (QED) is 0.603. The molecule has 0 unspecified atom stereocenters. The maximum absolute atomic E-state index is 12.9. The molecule has 2 aromatic rings. The van der Waals surface area contributed by atoms with E-state index in [1.54, 1.807) is 0 Å². The van der Waals surface area contributed by atoms with Crippen LogP contribution in [-0.4, -0.2) is 43.8 Å². The third-order valence-electron chi connectivity index (χ3n) is 5.75. The van der Waals surface area contributed by atoms with Gasteiger partial charge in [-0.3, -0.25) is 4.79 Å². The van der Waals surface area contributed by atoms with Crippen LogP contribution in [0.25, 0.3) is 0 Å². The molecule has 0 bridgehead atoms. The van der Waals surface area contributed by atoms with E-state index in [1.165, 1.54) is 51.2 Å². The average molecular weight is 497 g/mol. The van der Waals surface area contributed by atoms with Gasteiger partial charge in [-0.25, -0.2) is 13.2 Å². The van der Waals surface area contributed by atoms with Crippen molar-refractivity contribution in [2.75, 3.05) is 18.4 Å².